The molecule has 4 heteroatoms. The smallest absolute Gasteiger partial charge is 0.261 e. The first-order valence-electron chi connectivity index (χ1n) is 7.36. The van der Waals surface area contributed by atoms with E-state index in [1.807, 2.05) is 39.8 Å². The highest BCUT2D eigenvalue weighted by Gasteiger charge is 2.40. The summed E-state index contributed by atoms with van der Waals surface area (Å²) >= 11 is 0. The molecule has 114 valence electrons. The quantitative estimate of drug-likeness (QED) is 0.848. The highest BCUT2D eigenvalue weighted by molar-refractivity contribution is 6.22. The fourth-order valence-electron chi connectivity index (χ4n) is 2.93. The van der Waals surface area contributed by atoms with Crippen molar-refractivity contribution in [1.82, 2.24) is 4.90 Å². The van der Waals surface area contributed by atoms with Gasteiger partial charge in [0.15, 0.2) is 0 Å². The standard InChI is InChI=1S/C17H23NO3/c1-11-6-7-12(2)14-13(11)15(20)18(16(14)21)10-17(3,4)8-5-9-19/h6-7,19H,5,8-10H2,1-4H3. The second-order valence-corrected chi connectivity index (χ2v) is 6.64. The van der Waals surface area contributed by atoms with Gasteiger partial charge in [-0.15, -0.1) is 0 Å². The van der Waals surface area contributed by atoms with Gasteiger partial charge in [-0.1, -0.05) is 26.0 Å². The Morgan fingerprint density at radius 3 is 1.95 bits per heavy atom. The van der Waals surface area contributed by atoms with Crippen molar-refractivity contribution < 1.29 is 14.7 Å². The number of nitrogens with zero attached hydrogens (tertiary/aromatic N) is 1. The summed E-state index contributed by atoms with van der Waals surface area (Å²) in [6, 6.07) is 3.78. The molecule has 0 bridgehead atoms. The van der Waals surface area contributed by atoms with Gasteiger partial charge in [-0.05, 0) is 43.2 Å². The molecule has 0 fully saturated rings. The van der Waals surface area contributed by atoms with Crippen molar-refractivity contribution in [2.45, 2.75) is 40.5 Å². The Hall–Kier alpha value is -1.68. The Kier molecular flexibility index (Phi) is 4.19. The molecule has 0 saturated heterocycles. The molecule has 2 rings (SSSR count). The van der Waals surface area contributed by atoms with Crippen LogP contribution in [0, 0.1) is 19.3 Å². The first kappa shape index (κ1) is 15.7. The van der Waals surface area contributed by atoms with E-state index in [0.717, 1.165) is 17.5 Å². The number of benzene rings is 1. The number of carbonyl (C=O) groups is 2. The Morgan fingerprint density at radius 2 is 1.52 bits per heavy atom. The average molecular weight is 289 g/mol. The van der Waals surface area contributed by atoms with Crippen LogP contribution < -0.4 is 0 Å². The molecule has 21 heavy (non-hydrogen) atoms. The van der Waals surface area contributed by atoms with E-state index in [1.54, 1.807) is 0 Å². The SMILES string of the molecule is Cc1ccc(C)c2c1C(=O)N(CC(C)(C)CCCO)C2=O. The van der Waals surface area contributed by atoms with E-state index >= 15 is 0 Å². The summed E-state index contributed by atoms with van der Waals surface area (Å²) in [4.78, 5) is 26.5. The van der Waals surface area contributed by atoms with Gasteiger partial charge in [-0.3, -0.25) is 14.5 Å². The molecule has 4 nitrogen and oxygen atoms in total. The van der Waals surface area contributed by atoms with Crippen LogP contribution in [0.5, 0.6) is 0 Å². The highest BCUT2D eigenvalue weighted by Crippen LogP contribution is 2.32. The second-order valence-electron chi connectivity index (χ2n) is 6.64. The minimum Gasteiger partial charge on any atom is -0.396 e. The number of aliphatic hydroxyl groups is 1. The molecule has 1 aromatic rings. The van der Waals surface area contributed by atoms with Crippen molar-refractivity contribution in [3.8, 4) is 0 Å². The molecule has 0 atom stereocenters. The summed E-state index contributed by atoms with van der Waals surface area (Å²) in [5, 5.41) is 8.96. The van der Waals surface area contributed by atoms with Crippen LogP contribution in [0.3, 0.4) is 0 Å². The first-order chi connectivity index (χ1) is 9.78. The van der Waals surface area contributed by atoms with Gasteiger partial charge in [0.05, 0.1) is 11.1 Å². The summed E-state index contributed by atoms with van der Waals surface area (Å²) in [7, 11) is 0. The lowest BCUT2D eigenvalue weighted by Gasteiger charge is -2.29. The molecule has 0 aromatic heterocycles. The van der Waals surface area contributed by atoms with Crippen molar-refractivity contribution in [3.05, 3.63) is 34.4 Å². The van der Waals surface area contributed by atoms with Gasteiger partial charge >= 0.3 is 0 Å². The maximum atomic E-state index is 12.6. The Morgan fingerprint density at radius 1 is 1.05 bits per heavy atom. The number of aryl methyl sites for hydroxylation is 2. The Labute approximate surface area is 125 Å². The third-order valence-corrected chi connectivity index (χ3v) is 4.14. The Bertz CT molecular complexity index is 549. The third kappa shape index (κ3) is 2.86. The van der Waals surface area contributed by atoms with Crippen LogP contribution in [0.15, 0.2) is 12.1 Å². The number of rotatable bonds is 5. The van der Waals surface area contributed by atoms with Gasteiger partial charge in [0.1, 0.15) is 0 Å². The van der Waals surface area contributed by atoms with Crippen molar-refractivity contribution in [3.63, 3.8) is 0 Å². The molecule has 0 spiro atoms. The number of hydrogen-bond donors (Lipinski definition) is 1. The van der Waals surface area contributed by atoms with Crippen LogP contribution in [0.4, 0.5) is 0 Å². The molecule has 1 aromatic carbocycles. The van der Waals surface area contributed by atoms with Crippen LogP contribution >= 0.6 is 0 Å². The van der Waals surface area contributed by atoms with Crippen LogP contribution in [-0.2, 0) is 0 Å². The molecule has 2 amide bonds. The zero-order valence-corrected chi connectivity index (χ0v) is 13.2. The Balaban J connectivity index is 2.30. The summed E-state index contributed by atoms with van der Waals surface area (Å²) < 4.78 is 0. The predicted octanol–water partition coefficient (Wildman–Crippen LogP) is 2.70. The highest BCUT2D eigenvalue weighted by atomic mass is 16.3. The monoisotopic (exact) mass is 289 g/mol. The van der Waals surface area contributed by atoms with Gasteiger partial charge in [0, 0.05) is 13.2 Å². The number of carbonyl (C=O) groups excluding carboxylic acids is 2. The zero-order chi connectivity index (χ0) is 15.8. The van der Waals surface area contributed by atoms with Crippen LogP contribution in [0.25, 0.3) is 0 Å². The molecular weight excluding hydrogens is 266 g/mol. The normalized spacial score (nSPS) is 14.8. The van der Waals surface area contributed by atoms with E-state index in [-0.39, 0.29) is 23.8 Å². The fraction of sp³-hybridized carbons (Fsp3) is 0.529. The minimum atomic E-state index is -0.197. The topological polar surface area (TPSA) is 57.6 Å². The van der Waals surface area contributed by atoms with Crippen molar-refractivity contribution >= 4 is 11.8 Å². The van der Waals surface area contributed by atoms with Crippen molar-refractivity contribution in [1.29, 1.82) is 0 Å². The molecular formula is C17H23NO3. The lowest BCUT2D eigenvalue weighted by Crippen LogP contribution is -2.38. The lowest BCUT2D eigenvalue weighted by atomic mass is 9.87. The second kappa shape index (κ2) is 5.60. The van der Waals surface area contributed by atoms with Gasteiger partial charge in [-0.25, -0.2) is 0 Å². The zero-order valence-electron chi connectivity index (χ0n) is 13.2. The van der Waals surface area contributed by atoms with Crippen LogP contribution in [0.1, 0.15) is 58.5 Å². The summed E-state index contributed by atoms with van der Waals surface area (Å²) in [5.74, 6) is -0.374. The predicted molar refractivity (Wildman–Crippen MR) is 81.4 cm³/mol. The average Bonchev–Trinajstić information content (AvgIpc) is 2.66. The van der Waals surface area contributed by atoms with E-state index in [0.29, 0.717) is 24.1 Å². The summed E-state index contributed by atoms with van der Waals surface area (Å²) in [5.41, 5.74) is 2.61. The maximum Gasteiger partial charge on any atom is 0.261 e. The van der Waals surface area contributed by atoms with Gasteiger partial charge in [0.2, 0.25) is 0 Å². The van der Waals surface area contributed by atoms with Crippen LogP contribution in [0.2, 0.25) is 0 Å². The summed E-state index contributed by atoms with van der Waals surface area (Å²) in [6.45, 7) is 8.29. The molecule has 0 saturated carbocycles. The summed E-state index contributed by atoms with van der Waals surface area (Å²) in [6.07, 6.45) is 1.45. The number of fused-ring (bicyclic) bond motifs is 1. The third-order valence-electron chi connectivity index (χ3n) is 4.14. The molecule has 0 unspecified atom stereocenters. The molecule has 1 heterocycles. The van der Waals surface area contributed by atoms with Gasteiger partial charge in [-0.2, -0.15) is 0 Å². The molecule has 1 N–H and O–H groups in total. The fourth-order valence-corrected chi connectivity index (χ4v) is 2.93. The molecule has 1 aliphatic heterocycles. The molecule has 1 aliphatic rings. The van der Waals surface area contributed by atoms with Crippen molar-refractivity contribution in [2.24, 2.45) is 5.41 Å². The first-order valence-corrected chi connectivity index (χ1v) is 7.36. The minimum absolute atomic E-state index is 0.129. The van der Waals surface area contributed by atoms with E-state index in [2.05, 4.69) is 0 Å². The number of hydrogen-bond acceptors (Lipinski definition) is 3. The number of amides is 2. The molecule has 0 radical (unpaired) electrons. The number of imide groups is 1. The largest absolute Gasteiger partial charge is 0.396 e. The van der Waals surface area contributed by atoms with E-state index in [4.69, 9.17) is 5.11 Å². The van der Waals surface area contributed by atoms with E-state index in [1.165, 1.54) is 4.90 Å². The van der Waals surface area contributed by atoms with Crippen LogP contribution in [-0.4, -0.2) is 35.0 Å². The molecule has 0 aliphatic carbocycles. The maximum absolute atomic E-state index is 12.6. The van der Waals surface area contributed by atoms with Crippen molar-refractivity contribution in [2.75, 3.05) is 13.2 Å². The van der Waals surface area contributed by atoms with Gasteiger partial charge < -0.3 is 5.11 Å². The number of aliphatic hydroxyl groups excluding tert-OH is 1. The van der Waals surface area contributed by atoms with E-state index < -0.39 is 0 Å². The van der Waals surface area contributed by atoms with Gasteiger partial charge in [0.25, 0.3) is 11.8 Å². The lowest BCUT2D eigenvalue weighted by molar-refractivity contribution is 0.0579. The van der Waals surface area contributed by atoms with E-state index in [9.17, 15) is 9.59 Å².